The molecule has 0 radical (unpaired) electrons. The van der Waals surface area contributed by atoms with Crippen molar-refractivity contribution in [3.8, 4) is 22.8 Å². The van der Waals surface area contributed by atoms with Gasteiger partial charge in [0.1, 0.15) is 5.69 Å². The van der Waals surface area contributed by atoms with Gasteiger partial charge in [-0.05, 0) is 29.7 Å². The number of amides is 1. The average Bonchev–Trinajstić information content (AvgIpc) is 3.33. The van der Waals surface area contributed by atoms with Crippen molar-refractivity contribution < 1.29 is 28.3 Å². The van der Waals surface area contributed by atoms with Crippen molar-refractivity contribution in [2.45, 2.75) is 18.9 Å². The maximum absolute atomic E-state index is 13.4. The minimum atomic E-state index is -0.538. The van der Waals surface area contributed by atoms with E-state index < -0.39 is 12.0 Å². The Morgan fingerprint density at radius 1 is 1.06 bits per heavy atom. The molecule has 1 amide bonds. The van der Waals surface area contributed by atoms with Crippen LogP contribution in [-0.2, 0) is 16.0 Å². The lowest BCUT2D eigenvalue weighted by atomic mass is 9.89. The van der Waals surface area contributed by atoms with Gasteiger partial charge in [0, 0.05) is 18.2 Å². The highest BCUT2D eigenvalue weighted by atomic mass is 16.5. The minimum Gasteiger partial charge on any atom is -0.493 e. The number of benzene rings is 2. The monoisotopic (exact) mass is 436 g/mol. The molecule has 1 unspecified atom stereocenters. The highest BCUT2D eigenvalue weighted by molar-refractivity contribution is 5.93. The van der Waals surface area contributed by atoms with Gasteiger partial charge in [0.25, 0.3) is 5.91 Å². The van der Waals surface area contributed by atoms with Crippen LogP contribution in [0.15, 0.2) is 53.1 Å². The second kappa shape index (κ2) is 9.13. The lowest BCUT2D eigenvalue weighted by Crippen LogP contribution is -2.41. The van der Waals surface area contributed by atoms with Gasteiger partial charge in [-0.2, -0.15) is 0 Å². The number of carbonyl (C=O) groups is 2. The number of hydrogen-bond donors (Lipinski definition) is 0. The lowest BCUT2D eigenvalue weighted by Gasteiger charge is -2.36. The number of hydrogen-bond acceptors (Lipinski definition) is 7. The molecule has 4 rings (SSSR count). The number of aromatic nitrogens is 1. The summed E-state index contributed by atoms with van der Waals surface area (Å²) >= 11 is 0. The molecule has 0 aliphatic carbocycles. The summed E-state index contributed by atoms with van der Waals surface area (Å²) < 4.78 is 21.1. The molecule has 1 atom stereocenters. The smallest absolute Gasteiger partial charge is 0.307 e. The van der Waals surface area contributed by atoms with Gasteiger partial charge >= 0.3 is 5.97 Å². The summed E-state index contributed by atoms with van der Waals surface area (Å²) in [4.78, 5) is 27.2. The van der Waals surface area contributed by atoms with Crippen LogP contribution in [0.5, 0.6) is 11.5 Å². The van der Waals surface area contributed by atoms with Crippen molar-refractivity contribution >= 4 is 11.9 Å². The molecule has 0 saturated heterocycles. The van der Waals surface area contributed by atoms with E-state index >= 15 is 0 Å². The Morgan fingerprint density at radius 2 is 1.78 bits per heavy atom. The summed E-state index contributed by atoms with van der Waals surface area (Å²) in [5.41, 5.74) is 3.23. The number of carbonyl (C=O) groups excluding carboxylic acids is 2. The van der Waals surface area contributed by atoms with E-state index in [0.29, 0.717) is 30.2 Å². The standard InChI is InChI=1S/C24H24N2O6/c1-29-20-11-16-9-10-26(19(14-23(27)31-3)17(16)12-21(20)30-2)24(28)22-13-18(25-32-22)15-7-5-4-6-8-15/h4-8,11-13,19H,9-10,14H2,1-3H3. The summed E-state index contributed by atoms with van der Waals surface area (Å²) in [5, 5.41) is 4.05. The van der Waals surface area contributed by atoms with E-state index in [2.05, 4.69) is 5.16 Å². The van der Waals surface area contributed by atoms with Gasteiger partial charge in [0.2, 0.25) is 5.76 Å². The maximum Gasteiger partial charge on any atom is 0.307 e. The summed E-state index contributed by atoms with van der Waals surface area (Å²) in [6.07, 6.45) is 0.600. The fourth-order valence-corrected chi connectivity index (χ4v) is 4.00. The average molecular weight is 436 g/mol. The molecule has 1 aliphatic rings. The molecule has 0 bridgehead atoms. The quantitative estimate of drug-likeness (QED) is 0.545. The predicted octanol–water partition coefficient (Wildman–Crippen LogP) is 3.66. The van der Waals surface area contributed by atoms with E-state index in [9.17, 15) is 9.59 Å². The van der Waals surface area contributed by atoms with Crippen LogP contribution in [0, 0.1) is 0 Å². The number of methoxy groups -OCH3 is 3. The Hall–Kier alpha value is -3.81. The van der Waals surface area contributed by atoms with Crippen LogP contribution in [0.4, 0.5) is 0 Å². The lowest BCUT2D eigenvalue weighted by molar-refractivity contribution is -0.142. The molecule has 0 spiro atoms. The van der Waals surface area contributed by atoms with E-state index in [0.717, 1.165) is 16.7 Å². The first-order valence-electron chi connectivity index (χ1n) is 10.2. The molecule has 8 heteroatoms. The summed E-state index contributed by atoms with van der Waals surface area (Å²) in [5.74, 6) is 0.488. The van der Waals surface area contributed by atoms with Gasteiger partial charge in [-0.15, -0.1) is 0 Å². The van der Waals surface area contributed by atoms with Crippen molar-refractivity contribution in [2.75, 3.05) is 27.9 Å². The van der Waals surface area contributed by atoms with Gasteiger partial charge in [-0.1, -0.05) is 35.5 Å². The normalized spacial score (nSPS) is 15.1. The van der Waals surface area contributed by atoms with Crippen LogP contribution in [0.2, 0.25) is 0 Å². The van der Waals surface area contributed by atoms with Crippen molar-refractivity contribution in [1.29, 1.82) is 0 Å². The fraction of sp³-hybridized carbons (Fsp3) is 0.292. The molecule has 2 heterocycles. The topological polar surface area (TPSA) is 91.1 Å². The molecule has 1 aromatic heterocycles. The van der Waals surface area contributed by atoms with Gasteiger partial charge in [0.15, 0.2) is 11.5 Å². The highest BCUT2D eigenvalue weighted by Crippen LogP contribution is 2.40. The third kappa shape index (κ3) is 4.03. The first kappa shape index (κ1) is 21.4. The molecule has 8 nitrogen and oxygen atoms in total. The van der Waals surface area contributed by atoms with Crippen LogP contribution in [0.3, 0.4) is 0 Å². The molecule has 0 saturated carbocycles. The molecular weight excluding hydrogens is 412 g/mol. The second-order valence-electron chi connectivity index (χ2n) is 7.39. The van der Waals surface area contributed by atoms with E-state index in [1.165, 1.54) is 7.11 Å². The molecule has 166 valence electrons. The van der Waals surface area contributed by atoms with Gasteiger partial charge in [-0.25, -0.2) is 0 Å². The van der Waals surface area contributed by atoms with Crippen molar-refractivity contribution in [3.63, 3.8) is 0 Å². The molecule has 32 heavy (non-hydrogen) atoms. The predicted molar refractivity (Wildman–Crippen MR) is 116 cm³/mol. The molecule has 0 fully saturated rings. The Kier molecular flexibility index (Phi) is 6.11. The van der Waals surface area contributed by atoms with Crippen LogP contribution in [0.25, 0.3) is 11.3 Å². The first-order chi connectivity index (χ1) is 15.5. The van der Waals surface area contributed by atoms with E-state index in [1.54, 1.807) is 25.2 Å². The Bertz CT molecular complexity index is 1120. The largest absolute Gasteiger partial charge is 0.493 e. The zero-order valence-electron chi connectivity index (χ0n) is 18.2. The number of nitrogens with zero attached hydrogens (tertiary/aromatic N) is 2. The molecular formula is C24H24N2O6. The number of rotatable bonds is 6. The number of ether oxygens (including phenoxy) is 3. The van der Waals surface area contributed by atoms with Crippen molar-refractivity contribution in [2.24, 2.45) is 0 Å². The summed E-state index contributed by atoms with van der Waals surface area (Å²) in [7, 11) is 4.45. The van der Waals surface area contributed by atoms with E-state index in [-0.39, 0.29) is 18.1 Å². The summed E-state index contributed by atoms with van der Waals surface area (Å²) in [6, 6.07) is 14.3. The molecule has 3 aromatic rings. The zero-order valence-corrected chi connectivity index (χ0v) is 18.2. The van der Waals surface area contributed by atoms with Crippen LogP contribution < -0.4 is 9.47 Å². The molecule has 0 N–H and O–H groups in total. The maximum atomic E-state index is 13.4. The minimum absolute atomic E-state index is 0.00437. The number of fused-ring (bicyclic) bond motifs is 1. The van der Waals surface area contributed by atoms with E-state index in [4.69, 9.17) is 18.7 Å². The Labute approximate surface area is 185 Å². The second-order valence-corrected chi connectivity index (χ2v) is 7.39. The number of esters is 1. The van der Waals surface area contributed by atoms with Crippen LogP contribution in [-0.4, -0.2) is 49.8 Å². The first-order valence-corrected chi connectivity index (χ1v) is 10.2. The van der Waals surface area contributed by atoms with Crippen molar-refractivity contribution in [3.05, 3.63) is 65.4 Å². The van der Waals surface area contributed by atoms with E-state index in [1.807, 2.05) is 42.5 Å². The zero-order chi connectivity index (χ0) is 22.7. The molecule has 1 aliphatic heterocycles. The van der Waals surface area contributed by atoms with Crippen LogP contribution in [0.1, 0.15) is 34.1 Å². The third-order valence-corrected chi connectivity index (χ3v) is 5.64. The van der Waals surface area contributed by atoms with Crippen LogP contribution >= 0.6 is 0 Å². The Morgan fingerprint density at radius 3 is 2.47 bits per heavy atom. The third-order valence-electron chi connectivity index (χ3n) is 5.64. The highest BCUT2D eigenvalue weighted by Gasteiger charge is 2.35. The van der Waals surface area contributed by atoms with Gasteiger partial charge in [0.05, 0.1) is 33.8 Å². The van der Waals surface area contributed by atoms with Crippen molar-refractivity contribution in [1.82, 2.24) is 10.1 Å². The molecule has 2 aromatic carbocycles. The van der Waals surface area contributed by atoms with Gasteiger partial charge in [-0.3, -0.25) is 9.59 Å². The SMILES string of the molecule is COC(=O)CC1c2cc(OC)c(OC)cc2CCN1C(=O)c1cc(-c2ccccc2)no1. The Balaban J connectivity index is 1.69. The van der Waals surface area contributed by atoms with Gasteiger partial charge < -0.3 is 23.6 Å². The summed E-state index contributed by atoms with van der Waals surface area (Å²) in [6.45, 7) is 0.407. The fourth-order valence-electron chi connectivity index (χ4n) is 4.00.